The van der Waals surface area contributed by atoms with E-state index in [-0.39, 0.29) is 0 Å². The lowest BCUT2D eigenvalue weighted by molar-refractivity contribution is 0.803. The largest absolute Gasteiger partial charge is 0.197 e. The fraction of sp³-hybridized carbons (Fsp3) is 0.0667. The Morgan fingerprint density at radius 3 is 2.29 bits per heavy atom. The van der Waals surface area contributed by atoms with Crippen molar-refractivity contribution in [3.8, 4) is 11.3 Å². The van der Waals surface area contributed by atoms with Gasteiger partial charge >= 0.3 is 0 Å². The molecule has 0 spiro atoms. The number of aromatic nitrogens is 3. The minimum Gasteiger partial charge on any atom is -0.197 e. The van der Waals surface area contributed by atoms with Crippen molar-refractivity contribution in [1.29, 1.82) is 0 Å². The molecule has 102 valence electrons. The van der Waals surface area contributed by atoms with Crippen LogP contribution in [0.2, 0.25) is 0 Å². The third kappa shape index (κ3) is 2.61. The Hall–Kier alpha value is -3.11. The van der Waals surface area contributed by atoms with Crippen molar-refractivity contribution in [3.63, 3.8) is 0 Å². The van der Waals surface area contributed by atoms with E-state index in [0.29, 0.717) is 11.4 Å². The second-order valence-corrected chi connectivity index (χ2v) is 4.44. The molecule has 1 unspecified atom stereocenters. The molecule has 0 amide bonds. The Balaban J connectivity index is 2.10. The van der Waals surface area contributed by atoms with Gasteiger partial charge in [-0.15, -0.1) is 0 Å². The molecule has 1 atom stereocenters. The van der Waals surface area contributed by atoms with E-state index in [0.717, 1.165) is 11.1 Å². The van der Waals surface area contributed by atoms with Crippen LogP contribution in [0.25, 0.3) is 21.7 Å². The molecule has 21 heavy (non-hydrogen) atoms. The van der Waals surface area contributed by atoms with Crippen LogP contribution in [0.15, 0.2) is 65.8 Å². The molecule has 0 saturated carbocycles. The summed E-state index contributed by atoms with van der Waals surface area (Å²) >= 11 is 0. The zero-order chi connectivity index (χ0) is 14.5. The van der Waals surface area contributed by atoms with E-state index in [9.17, 15) is 0 Å². The predicted molar refractivity (Wildman–Crippen MR) is 79.2 cm³/mol. The highest BCUT2D eigenvalue weighted by Crippen LogP contribution is 2.31. The molecule has 1 heterocycles. The summed E-state index contributed by atoms with van der Waals surface area (Å²) in [5.41, 5.74) is 12.0. The minimum atomic E-state index is -0.509. The van der Waals surface area contributed by atoms with E-state index in [2.05, 4.69) is 25.4 Å². The average Bonchev–Trinajstić information content (AvgIpc) is 3.03. The Morgan fingerprint density at radius 2 is 1.62 bits per heavy atom. The van der Waals surface area contributed by atoms with Gasteiger partial charge in [0.05, 0.1) is 0 Å². The van der Waals surface area contributed by atoms with Gasteiger partial charge in [0.25, 0.3) is 0 Å². The number of rotatable bonds is 4. The summed E-state index contributed by atoms with van der Waals surface area (Å²) in [6.07, 6.45) is 0. The van der Waals surface area contributed by atoms with E-state index in [1.54, 1.807) is 0 Å². The van der Waals surface area contributed by atoms with Gasteiger partial charge in [0, 0.05) is 10.5 Å². The van der Waals surface area contributed by atoms with Gasteiger partial charge < -0.3 is 0 Å². The molecule has 0 fully saturated rings. The highest BCUT2D eigenvalue weighted by atomic mass is 15.3. The van der Waals surface area contributed by atoms with E-state index < -0.39 is 6.04 Å². The molecule has 6 nitrogen and oxygen atoms in total. The number of hydrogen-bond acceptors (Lipinski definition) is 3. The monoisotopic (exact) mass is 276 g/mol. The molecule has 3 rings (SSSR count). The number of benzene rings is 2. The number of H-pyrrole nitrogens is 1. The van der Waals surface area contributed by atoms with Crippen molar-refractivity contribution >= 4 is 0 Å². The molecular formula is C15H12N6. The molecule has 0 aliphatic carbocycles. The van der Waals surface area contributed by atoms with Crippen LogP contribution in [-0.2, 0) is 0 Å². The molecule has 2 aromatic carbocycles. The van der Waals surface area contributed by atoms with Crippen LogP contribution in [0.4, 0.5) is 0 Å². The average molecular weight is 276 g/mol. The van der Waals surface area contributed by atoms with Crippen LogP contribution >= 0.6 is 0 Å². The van der Waals surface area contributed by atoms with Crippen molar-refractivity contribution < 1.29 is 0 Å². The molecule has 1 N–H and O–H groups in total. The molecule has 0 aliphatic heterocycles. The first-order valence-corrected chi connectivity index (χ1v) is 6.45. The van der Waals surface area contributed by atoms with E-state index >= 15 is 0 Å². The summed E-state index contributed by atoms with van der Waals surface area (Å²) in [6.45, 7) is 0. The SMILES string of the molecule is [N-]=[N+]=NC(c1ccccc1)c1n[nH]nc1-c1ccccc1. The first-order valence-electron chi connectivity index (χ1n) is 6.45. The third-order valence-corrected chi connectivity index (χ3v) is 3.16. The van der Waals surface area contributed by atoms with Gasteiger partial charge in [0.1, 0.15) is 17.4 Å². The predicted octanol–water partition coefficient (Wildman–Crippen LogP) is 3.87. The van der Waals surface area contributed by atoms with Gasteiger partial charge in [-0.05, 0) is 11.1 Å². The third-order valence-electron chi connectivity index (χ3n) is 3.16. The highest BCUT2D eigenvalue weighted by Gasteiger charge is 2.21. The second-order valence-electron chi connectivity index (χ2n) is 4.44. The zero-order valence-corrected chi connectivity index (χ0v) is 11.1. The van der Waals surface area contributed by atoms with E-state index in [1.807, 2.05) is 60.7 Å². The summed E-state index contributed by atoms with van der Waals surface area (Å²) in [5, 5.41) is 14.9. The number of nitrogens with zero attached hydrogens (tertiary/aromatic N) is 5. The van der Waals surface area contributed by atoms with Crippen LogP contribution in [0, 0.1) is 0 Å². The van der Waals surface area contributed by atoms with Gasteiger partial charge in [0.15, 0.2) is 0 Å². The lowest BCUT2D eigenvalue weighted by Crippen LogP contribution is -2.00. The maximum absolute atomic E-state index is 8.86. The summed E-state index contributed by atoms with van der Waals surface area (Å²) in [4.78, 5) is 2.95. The lowest BCUT2D eigenvalue weighted by atomic mass is 10.0. The van der Waals surface area contributed by atoms with Gasteiger partial charge in [-0.3, -0.25) is 0 Å². The van der Waals surface area contributed by atoms with Gasteiger partial charge in [-0.2, -0.15) is 15.4 Å². The molecule has 3 aromatic rings. The summed E-state index contributed by atoms with van der Waals surface area (Å²) in [5.74, 6) is 0. The molecule has 0 saturated heterocycles. The van der Waals surface area contributed by atoms with Crippen molar-refractivity contribution in [1.82, 2.24) is 15.4 Å². The van der Waals surface area contributed by atoms with Gasteiger partial charge in [-0.1, -0.05) is 65.8 Å². The molecular weight excluding hydrogens is 264 g/mol. The topological polar surface area (TPSA) is 90.3 Å². The normalized spacial score (nSPS) is 11.6. The van der Waals surface area contributed by atoms with Crippen molar-refractivity contribution in [2.75, 3.05) is 0 Å². The fourth-order valence-electron chi connectivity index (χ4n) is 2.20. The molecule has 0 aliphatic rings. The molecule has 1 aromatic heterocycles. The Labute approximate surface area is 121 Å². The maximum Gasteiger partial charge on any atom is 0.116 e. The Kier molecular flexibility index (Phi) is 3.62. The van der Waals surface area contributed by atoms with Crippen LogP contribution in [0.5, 0.6) is 0 Å². The number of azide groups is 1. The zero-order valence-electron chi connectivity index (χ0n) is 11.1. The Morgan fingerprint density at radius 1 is 0.952 bits per heavy atom. The van der Waals surface area contributed by atoms with Crippen molar-refractivity contribution in [2.24, 2.45) is 5.11 Å². The van der Waals surface area contributed by atoms with Crippen LogP contribution in [-0.4, -0.2) is 15.4 Å². The summed E-state index contributed by atoms with van der Waals surface area (Å²) in [6, 6.07) is 18.7. The highest BCUT2D eigenvalue weighted by molar-refractivity contribution is 5.62. The molecule has 0 radical (unpaired) electrons. The fourth-order valence-corrected chi connectivity index (χ4v) is 2.20. The van der Waals surface area contributed by atoms with E-state index in [1.165, 1.54) is 0 Å². The Bertz CT molecular complexity index is 759. The van der Waals surface area contributed by atoms with Gasteiger partial charge in [-0.25, -0.2) is 0 Å². The number of hydrogen-bond donors (Lipinski definition) is 1. The van der Waals surface area contributed by atoms with Crippen LogP contribution in [0.1, 0.15) is 17.3 Å². The molecule has 0 bridgehead atoms. The van der Waals surface area contributed by atoms with Crippen molar-refractivity contribution in [3.05, 3.63) is 82.4 Å². The summed E-state index contributed by atoms with van der Waals surface area (Å²) < 4.78 is 0. The second kappa shape index (κ2) is 5.90. The first kappa shape index (κ1) is 12.9. The quantitative estimate of drug-likeness (QED) is 0.445. The molecule has 6 heteroatoms. The maximum atomic E-state index is 8.86. The summed E-state index contributed by atoms with van der Waals surface area (Å²) in [7, 11) is 0. The first-order chi connectivity index (χ1) is 10.4. The van der Waals surface area contributed by atoms with Crippen molar-refractivity contribution in [2.45, 2.75) is 6.04 Å². The van der Waals surface area contributed by atoms with Gasteiger partial charge in [0.2, 0.25) is 0 Å². The smallest absolute Gasteiger partial charge is 0.116 e. The van der Waals surface area contributed by atoms with E-state index in [4.69, 9.17) is 5.53 Å². The lowest BCUT2D eigenvalue weighted by Gasteiger charge is -2.10. The minimum absolute atomic E-state index is 0.509. The number of aromatic amines is 1. The number of nitrogens with one attached hydrogen (secondary N) is 1. The van der Waals surface area contributed by atoms with Crippen LogP contribution < -0.4 is 0 Å². The standard InChI is InChI=1S/C15H12N6/c16-20-17-13(11-7-3-1-4-8-11)15-14(18-21-19-15)12-9-5-2-6-10-12/h1-10,13H,(H,18,19,21). The van der Waals surface area contributed by atoms with Crippen LogP contribution in [0.3, 0.4) is 0 Å².